The van der Waals surface area contributed by atoms with Crippen molar-refractivity contribution >= 4 is 5.82 Å². The Kier molecular flexibility index (Phi) is 5.87. The molecular formula is C22H30N4O3. The number of aliphatic hydroxyl groups is 1. The van der Waals surface area contributed by atoms with Crippen molar-refractivity contribution in [1.29, 1.82) is 0 Å². The van der Waals surface area contributed by atoms with Crippen LogP contribution < -0.4 is 14.4 Å². The Balaban J connectivity index is 1.42. The Labute approximate surface area is 172 Å². The van der Waals surface area contributed by atoms with E-state index in [1.165, 1.54) is 5.56 Å². The van der Waals surface area contributed by atoms with Gasteiger partial charge in [-0.3, -0.25) is 4.90 Å². The summed E-state index contributed by atoms with van der Waals surface area (Å²) >= 11 is 0. The molecule has 1 unspecified atom stereocenters. The zero-order valence-corrected chi connectivity index (χ0v) is 17.3. The minimum absolute atomic E-state index is 0.153. The first-order valence-electron chi connectivity index (χ1n) is 10.2. The lowest BCUT2D eigenvalue weighted by Gasteiger charge is -2.42. The number of hydrogen-bond acceptors (Lipinski definition) is 7. The van der Waals surface area contributed by atoms with Gasteiger partial charge in [0.05, 0.1) is 14.2 Å². The Hall–Kier alpha value is -2.38. The van der Waals surface area contributed by atoms with E-state index < -0.39 is 0 Å². The third kappa shape index (κ3) is 4.02. The first-order valence-corrected chi connectivity index (χ1v) is 10.2. The molecule has 0 aliphatic carbocycles. The zero-order chi connectivity index (χ0) is 20.3. The molecule has 2 saturated heterocycles. The summed E-state index contributed by atoms with van der Waals surface area (Å²) in [4.78, 5) is 13.2. The molecule has 1 N–H and O–H groups in total. The standard InChI is InChI=1S/C22H30N4O3/c1-28-19-4-3-17(20(11-19)29-2)12-25-9-6-22(7-10-25)15-26(13-18(22)14-27)21-5-8-23-16-24-21/h3-5,8,11,16,18,27H,6-7,9-10,12-15H2,1-2H3. The highest BCUT2D eigenvalue weighted by Gasteiger charge is 2.48. The van der Waals surface area contributed by atoms with Crippen LogP contribution in [-0.4, -0.2) is 67.0 Å². The van der Waals surface area contributed by atoms with Gasteiger partial charge in [-0.05, 0) is 43.5 Å². The zero-order valence-electron chi connectivity index (χ0n) is 17.3. The number of methoxy groups -OCH3 is 2. The Bertz CT molecular complexity index is 809. The Morgan fingerprint density at radius 2 is 2.00 bits per heavy atom. The molecule has 4 rings (SSSR count). The molecule has 2 fully saturated rings. The van der Waals surface area contributed by atoms with Crippen LogP contribution in [0.15, 0.2) is 36.8 Å². The summed E-state index contributed by atoms with van der Waals surface area (Å²) in [5.41, 5.74) is 1.33. The molecule has 3 heterocycles. The maximum absolute atomic E-state index is 10.1. The highest BCUT2D eigenvalue weighted by Crippen LogP contribution is 2.45. The van der Waals surface area contributed by atoms with Crippen LogP contribution in [0.3, 0.4) is 0 Å². The fourth-order valence-electron chi connectivity index (χ4n) is 4.88. The summed E-state index contributed by atoms with van der Waals surface area (Å²) in [5.74, 6) is 2.93. The summed E-state index contributed by atoms with van der Waals surface area (Å²) in [5, 5.41) is 10.1. The van der Waals surface area contributed by atoms with Crippen molar-refractivity contribution in [3.8, 4) is 11.5 Å². The lowest BCUT2D eigenvalue weighted by atomic mass is 9.71. The maximum Gasteiger partial charge on any atom is 0.131 e. The Morgan fingerprint density at radius 3 is 2.66 bits per heavy atom. The van der Waals surface area contributed by atoms with Crippen molar-refractivity contribution in [2.75, 3.05) is 51.9 Å². The van der Waals surface area contributed by atoms with E-state index in [2.05, 4.69) is 25.8 Å². The molecule has 1 atom stereocenters. The van der Waals surface area contributed by atoms with E-state index in [4.69, 9.17) is 9.47 Å². The topological polar surface area (TPSA) is 71.0 Å². The average Bonchev–Trinajstić information content (AvgIpc) is 3.14. The smallest absolute Gasteiger partial charge is 0.131 e. The lowest BCUT2D eigenvalue weighted by Crippen LogP contribution is -2.44. The van der Waals surface area contributed by atoms with Crippen molar-refractivity contribution in [2.24, 2.45) is 11.3 Å². The highest BCUT2D eigenvalue weighted by molar-refractivity contribution is 5.41. The molecule has 29 heavy (non-hydrogen) atoms. The van der Waals surface area contributed by atoms with Crippen LogP contribution in [0.5, 0.6) is 11.5 Å². The van der Waals surface area contributed by atoms with E-state index in [0.29, 0.717) is 0 Å². The van der Waals surface area contributed by atoms with Gasteiger partial charge in [0, 0.05) is 50.0 Å². The normalized spacial score (nSPS) is 21.5. The molecule has 2 aliphatic heterocycles. The molecule has 0 saturated carbocycles. The van der Waals surface area contributed by atoms with E-state index in [0.717, 1.165) is 62.9 Å². The molecule has 7 heteroatoms. The summed E-state index contributed by atoms with van der Waals surface area (Å²) in [6, 6.07) is 7.98. The van der Waals surface area contributed by atoms with E-state index in [1.54, 1.807) is 26.7 Å². The quantitative estimate of drug-likeness (QED) is 0.800. The minimum atomic E-state index is 0.153. The highest BCUT2D eigenvalue weighted by atomic mass is 16.5. The van der Waals surface area contributed by atoms with Crippen molar-refractivity contribution in [3.05, 3.63) is 42.4 Å². The summed E-state index contributed by atoms with van der Waals surface area (Å²) in [6.07, 6.45) is 5.54. The second-order valence-electron chi connectivity index (χ2n) is 8.14. The van der Waals surface area contributed by atoms with E-state index in [-0.39, 0.29) is 17.9 Å². The number of benzene rings is 1. The van der Waals surface area contributed by atoms with Gasteiger partial charge in [0.15, 0.2) is 0 Å². The maximum atomic E-state index is 10.1. The largest absolute Gasteiger partial charge is 0.497 e. The SMILES string of the molecule is COc1ccc(CN2CCC3(CC2)CN(c2ccncn2)CC3CO)c(OC)c1. The number of anilines is 1. The van der Waals surface area contributed by atoms with Gasteiger partial charge >= 0.3 is 0 Å². The summed E-state index contributed by atoms with van der Waals surface area (Å²) in [6.45, 7) is 4.94. The van der Waals surface area contributed by atoms with Crippen molar-refractivity contribution in [1.82, 2.24) is 14.9 Å². The average molecular weight is 399 g/mol. The molecule has 0 bridgehead atoms. The molecule has 1 spiro atoms. The van der Waals surface area contributed by atoms with Crippen LogP contribution in [0.4, 0.5) is 5.82 Å². The third-order valence-electron chi connectivity index (χ3n) is 6.66. The molecule has 156 valence electrons. The third-order valence-corrected chi connectivity index (χ3v) is 6.66. The molecule has 2 aliphatic rings. The predicted octanol–water partition coefficient (Wildman–Crippen LogP) is 2.20. The lowest BCUT2D eigenvalue weighted by molar-refractivity contribution is 0.0504. The summed E-state index contributed by atoms with van der Waals surface area (Å²) < 4.78 is 10.9. The fraction of sp³-hybridized carbons (Fsp3) is 0.545. The van der Waals surface area contributed by atoms with Crippen LogP contribution in [-0.2, 0) is 6.54 Å². The number of hydrogen-bond donors (Lipinski definition) is 1. The first-order chi connectivity index (χ1) is 14.2. The second-order valence-corrected chi connectivity index (χ2v) is 8.14. The van der Waals surface area contributed by atoms with Gasteiger partial charge in [0.2, 0.25) is 0 Å². The molecule has 2 aromatic rings. The fourth-order valence-corrected chi connectivity index (χ4v) is 4.88. The monoisotopic (exact) mass is 398 g/mol. The van der Waals surface area contributed by atoms with Crippen LogP contribution in [0.2, 0.25) is 0 Å². The Morgan fingerprint density at radius 1 is 1.17 bits per heavy atom. The van der Waals surface area contributed by atoms with Gasteiger partial charge in [0.1, 0.15) is 23.6 Å². The number of likely N-dealkylation sites (tertiary alicyclic amines) is 1. The van der Waals surface area contributed by atoms with Gasteiger partial charge in [-0.25, -0.2) is 9.97 Å². The predicted molar refractivity (Wildman–Crippen MR) is 111 cm³/mol. The van der Waals surface area contributed by atoms with E-state index in [1.807, 2.05) is 18.2 Å². The number of rotatable bonds is 6. The molecule has 0 amide bonds. The molecule has 7 nitrogen and oxygen atoms in total. The van der Waals surface area contributed by atoms with Gasteiger partial charge in [0.25, 0.3) is 0 Å². The van der Waals surface area contributed by atoms with Gasteiger partial charge in [-0.15, -0.1) is 0 Å². The number of piperidine rings is 1. The van der Waals surface area contributed by atoms with Crippen molar-refractivity contribution < 1.29 is 14.6 Å². The summed E-state index contributed by atoms with van der Waals surface area (Å²) in [7, 11) is 3.37. The molecule has 0 radical (unpaired) electrons. The van der Waals surface area contributed by atoms with Gasteiger partial charge in [-0.1, -0.05) is 6.07 Å². The first kappa shape index (κ1) is 19.9. The second kappa shape index (κ2) is 8.55. The van der Waals surface area contributed by atoms with Crippen LogP contribution in [0.1, 0.15) is 18.4 Å². The van der Waals surface area contributed by atoms with Crippen molar-refractivity contribution in [2.45, 2.75) is 19.4 Å². The number of aromatic nitrogens is 2. The van der Waals surface area contributed by atoms with E-state index in [9.17, 15) is 5.11 Å². The van der Waals surface area contributed by atoms with Crippen LogP contribution in [0, 0.1) is 11.3 Å². The van der Waals surface area contributed by atoms with Crippen LogP contribution in [0.25, 0.3) is 0 Å². The number of ether oxygens (including phenoxy) is 2. The van der Waals surface area contributed by atoms with E-state index >= 15 is 0 Å². The molecule has 1 aromatic heterocycles. The molecule has 1 aromatic carbocycles. The van der Waals surface area contributed by atoms with Gasteiger partial charge < -0.3 is 19.5 Å². The number of nitrogens with zero attached hydrogens (tertiary/aromatic N) is 4. The minimum Gasteiger partial charge on any atom is -0.497 e. The van der Waals surface area contributed by atoms with Crippen molar-refractivity contribution in [3.63, 3.8) is 0 Å². The number of aliphatic hydroxyl groups excluding tert-OH is 1. The molecular weight excluding hydrogens is 368 g/mol. The van der Waals surface area contributed by atoms with Gasteiger partial charge in [-0.2, -0.15) is 0 Å². The van der Waals surface area contributed by atoms with Crippen LogP contribution >= 0.6 is 0 Å².